The minimum Gasteiger partial charge on any atom is -0.313 e. The van der Waals surface area contributed by atoms with E-state index < -0.39 is 0 Å². The van der Waals surface area contributed by atoms with Crippen LogP contribution in [-0.2, 0) is 0 Å². The Hall–Kier alpha value is -1.10. The molecule has 1 heterocycles. The Morgan fingerprint density at radius 2 is 1.80 bits per heavy atom. The van der Waals surface area contributed by atoms with Crippen molar-refractivity contribution in [1.29, 1.82) is 0 Å². The summed E-state index contributed by atoms with van der Waals surface area (Å²) in [5.41, 5.74) is 3.05. The van der Waals surface area contributed by atoms with E-state index in [2.05, 4.69) is 34.3 Å². The van der Waals surface area contributed by atoms with E-state index in [-0.39, 0.29) is 6.04 Å². The topological polar surface area (TPSA) is 37.8 Å². The lowest BCUT2D eigenvalue weighted by molar-refractivity contribution is 0.652. The van der Waals surface area contributed by atoms with Crippen LogP contribution in [0.1, 0.15) is 29.9 Å². The fourth-order valence-corrected chi connectivity index (χ4v) is 3.23. The number of hydrogen-bond donors (Lipinski definition) is 1. The van der Waals surface area contributed by atoms with Crippen LogP contribution >= 0.6 is 23.4 Å². The van der Waals surface area contributed by atoms with E-state index in [9.17, 15) is 0 Å². The van der Waals surface area contributed by atoms with Gasteiger partial charge in [0.1, 0.15) is 0 Å². The number of aromatic nitrogens is 2. The normalized spacial score (nSPS) is 12.4. The van der Waals surface area contributed by atoms with Gasteiger partial charge in [0.05, 0.1) is 0 Å². The Kier molecular flexibility index (Phi) is 5.02. The molecular formula is C15H18ClN3S. The largest absolute Gasteiger partial charge is 0.313 e. The fourth-order valence-electron chi connectivity index (χ4n) is 1.92. The maximum Gasteiger partial charge on any atom is 0.192 e. The van der Waals surface area contributed by atoms with Gasteiger partial charge < -0.3 is 5.32 Å². The van der Waals surface area contributed by atoms with Crippen LogP contribution < -0.4 is 5.32 Å². The van der Waals surface area contributed by atoms with Crippen LogP contribution in [0.3, 0.4) is 0 Å². The maximum absolute atomic E-state index is 6.34. The Bertz CT molecular complexity index is 596. The van der Waals surface area contributed by atoms with Gasteiger partial charge in [-0.05, 0) is 63.3 Å². The number of aryl methyl sites for hydroxylation is 2. The van der Waals surface area contributed by atoms with E-state index in [4.69, 9.17) is 11.6 Å². The summed E-state index contributed by atoms with van der Waals surface area (Å²) < 4.78 is 0. The zero-order chi connectivity index (χ0) is 14.7. The minimum absolute atomic E-state index is 0.235. The first-order valence-electron chi connectivity index (χ1n) is 6.46. The van der Waals surface area contributed by atoms with Crippen LogP contribution in [0.5, 0.6) is 0 Å². The number of hydrogen-bond acceptors (Lipinski definition) is 4. The molecule has 2 rings (SSSR count). The van der Waals surface area contributed by atoms with Crippen molar-refractivity contribution in [2.75, 3.05) is 7.05 Å². The zero-order valence-electron chi connectivity index (χ0n) is 12.1. The van der Waals surface area contributed by atoms with Crippen LogP contribution in [0.4, 0.5) is 0 Å². The molecule has 0 radical (unpaired) electrons. The molecule has 0 spiro atoms. The molecule has 20 heavy (non-hydrogen) atoms. The second kappa shape index (κ2) is 6.57. The van der Waals surface area contributed by atoms with Gasteiger partial charge >= 0.3 is 0 Å². The van der Waals surface area contributed by atoms with E-state index in [1.165, 1.54) is 11.8 Å². The van der Waals surface area contributed by atoms with Gasteiger partial charge in [-0.3, -0.25) is 0 Å². The zero-order valence-corrected chi connectivity index (χ0v) is 13.6. The van der Waals surface area contributed by atoms with Crippen molar-refractivity contribution >= 4 is 23.4 Å². The smallest absolute Gasteiger partial charge is 0.192 e. The van der Waals surface area contributed by atoms with Gasteiger partial charge in [-0.2, -0.15) is 0 Å². The van der Waals surface area contributed by atoms with Crippen molar-refractivity contribution in [3.8, 4) is 0 Å². The van der Waals surface area contributed by atoms with E-state index >= 15 is 0 Å². The van der Waals surface area contributed by atoms with E-state index in [0.717, 1.165) is 32.0 Å². The molecule has 0 amide bonds. The Morgan fingerprint density at radius 3 is 2.35 bits per heavy atom. The lowest BCUT2D eigenvalue weighted by atomic mass is 10.1. The minimum atomic E-state index is 0.235. The fraction of sp³-hybridized carbons (Fsp3) is 0.333. The maximum atomic E-state index is 6.34. The number of halogens is 1. The molecule has 0 aliphatic carbocycles. The molecular weight excluding hydrogens is 290 g/mol. The number of benzene rings is 1. The second-order valence-corrected chi connectivity index (χ2v) is 6.18. The quantitative estimate of drug-likeness (QED) is 0.860. The van der Waals surface area contributed by atoms with Crippen molar-refractivity contribution in [2.45, 2.75) is 36.9 Å². The summed E-state index contributed by atoms with van der Waals surface area (Å²) in [5, 5.41) is 4.71. The van der Waals surface area contributed by atoms with Crippen LogP contribution in [0.15, 0.2) is 34.3 Å². The van der Waals surface area contributed by atoms with Gasteiger partial charge in [-0.25, -0.2) is 9.97 Å². The number of nitrogens with zero attached hydrogens (tertiary/aromatic N) is 2. The van der Waals surface area contributed by atoms with Crippen molar-refractivity contribution < 1.29 is 0 Å². The molecule has 106 valence electrons. The average Bonchev–Trinajstić information content (AvgIpc) is 2.36. The highest BCUT2D eigenvalue weighted by molar-refractivity contribution is 7.99. The number of rotatable bonds is 4. The van der Waals surface area contributed by atoms with Crippen LogP contribution in [-0.4, -0.2) is 17.0 Å². The van der Waals surface area contributed by atoms with Crippen LogP contribution in [0.2, 0.25) is 5.02 Å². The summed E-state index contributed by atoms with van der Waals surface area (Å²) in [6.07, 6.45) is 0. The van der Waals surface area contributed by atoms with E-state index in [1.807, 2.05) is 33.0 Å². The van der Waals surface area contributed by atoms with Gasteiger partial charge in [0.25, 0.3) is 0 Å². The summed E-state index contributed by atoms with van der Waals surface area (Å²) in [7, 11) is 1.92. The highest BCUT2D eigenvalue weighted by atomic mass is 35.5. The Balaban J connectivity index is 2.24. The highest BCUT2D eigenvalue weighted by Gasteiger charge is 2.10. The third-order valence-corrected chi connectivity index (χ3v) is 4.22. The average molecular weight is 308 g/mol. The van der Waals surface area contributed by atoms with Gasteiger partial charge in [-0.15, -0.1) is 0 Å². The van der Waals surface area contributed by atoms with Crippen molar-refractivity contribution in [3.63, 3.8) is 0 Å². The van der Waals surface area contributed by atoms with Gasteiger partial charge in [-0.1, -0.05) is 17.7 Å². The third-order valence-electron chi connectivity index (χ3n) is 3.04. The van der Waals surface area contributed by atoms with E-state index in [0.29, 0.717) is 0 Å². The highest BCUT2D eigenvalue weighted by Crippen LogP contribution is 2.31. The van der Waals surface area contributed by atoms with Crippen LogP contribution in [0, 0.1) is 13.8 Å². The SMILES string of the molecule is CNC(C)c1ccc(Sc2nc(C)cc(C)n2)cc1Cl. The summed E-state index contributed by atoms with van der Waals surface area (Å²) in [6, 6.07) is 8.28. The Morgan fingerprint density at radius 1 is 1.15 bits per heavy atom. The second-order valence-electron chi connectivity index (χ2n) is 4.73. The van der Waals surface area contributed by atoms with Gasteiger partial charge in [0.15, 0.2) is 5.16 Å². The molecule has 1 atom stereocenters. The molecule has 2 aromatic rings. The van der Waals surface area contributed by atoms with Gasteiger partial charge in [0, 0.05) is 27.3 Å². The first kappa shape index (κ1) is 15.3. The Labute approximate surface area is 129 Å². The van der Waals surface area contributed by atoms with Crippen LogP contribution in [0.25, 0.3) is 0 Å². The summed E-state index contributed by atoms with van der Waals surface area (Å²) >= 11 is 7.87. The molecule has 3 nitrogen and oxygen atoms in total. The van der Waals surface area contributed by atoms with Crippen molar-refractivity contribution in [2.24, 2.45) is 0 Å². The first-order chi connectivity index (χ1) is 9.49. The van der Waals surface area contributed by atoms with E-state index in [1.54, 1.807) is 0 Å². The first-order valence-corrected chi connectivity index (χ1v) is 7.66. The standard InChI is InChI=1S/C15H18ClN3S/c1-9-7-10(2)19-15(18-9)20-12-5-6-13(11(3)17-4)14(16)8-12/h5-8,11,17H,1-4H3. The van der Waals surface area contributed by atoms with Gasteiger partial charge in [0.2, 0.25) is 0 Å². The lowest BCUT2D eigenvalue weighted by Crippen LogP contribution is -2.12. The lowest BCUT2D eigenvalue weighted by Gasteiger charge is -2.13. The molecule has 0 saturated carbocycles. The predicted octanol–water partition coefficient (Wildman–Crippen LogP) is 4.18. The molecule has 1 N–H and O–H groups in total. The monoisotopic (exact) mass is 307 g/mol. The molecule has 0 fully saturated rings. The molecule has 0 aliphatic rings. The molecule has 0 saturated heterocycles. The predicted molar refractivity (Wildman–Crippen MR) is 84.6 cm³/mol. The summed E-state index contributed by atoms with van der Waals surface area (Å²) in [4.78, 5) is 9.91. The summed E-state index contributed by atoms with van der Waals surface area (Å²) in [6.45, 7) is 6.04. The molecule has 1 aromatic heterocycles. The summed E-state index contributed by atoms with van der Waals surface area (Å²) in [5.74, 6) is 0. The molecule has 0 aliphatic heterocycles. The molecule has 0 bridgehead atoms. The molecule has 1 unspecified atom stereocenters. The molecule has 1 aromatic carbocycles. The van der Waals surface area contributed by atoms with Crippen molar-refractivity contribution in [3.05, 3.63) is 46.2 Å². The third kappa shape index (κ3) is 3.72. The molecule has 5 heteroatoms. The number of nitrogens with one attached hydrogen (secondary N) is 1. The van der Waals surface area contributed by atoms with Crippen molar-refractivity contribution in [1.82, 2.24) is 15.3 Å².